The van der Waals surface area contributed by atoms with Gasteiger partial charge in [-0.2, -0.15) is 5.10 Å². The van der Waals surface area contributed by atoms with Crippen LogP contribution in [0, 0.1) is 0 Å². The second-order valence-electron chi connectivity index (χ2n) is 2.39. The molecular weight excluding hydrogens is 126 g/mol. The SMILES string of the molecule is CC[C@@H](N)c1ccnn1C. The maximum Gasteiger partial charge on any atom is 0.0547 e. The highest BCUT2D eigenvalue weighted by Crippen LogP contribution is 2.10. The average Bonchev–Trinajstić information content (AvgIpc) is 2.34. The second kappa shape index (κ2) is 2.84. The molecule has 2 N–H and O–H groups in total. The summed E-state index contributed by atoms with van der Waals surface area (Å²) in [6, 6.07) is 2.08. The van der Waals surface area contributed by atoms with Crippen molar-refractivity contribution >= 4 is 0 Å². The summed E-state index contributed by atoms with van der Waals surface area (Å²) < 4.78 is 1.81. The van der Waals surface area contributed by atoms with Crippen LogP contribution in [0.1, 0.15) is 25.1 Å². The summed E-state index contributed by atoms with van der Waals surface area (Å²) in [4.78, 5) is 0. The molecule has 1 atom stereocenters. The molecule has 3 nitrogen and oxygen atoms in total. The van der Waals surface area contributed by atoms with Crippen molar-refractivity contribution in [1.29, 1.82) is 0 Å². The minimum Gasteiger partial charge on any atom is -0.323 e. The zero-order chi connectivity index (χ0) is 7.56. The third-order valence-corrected chi connectivity index (χ3v) is 1.68. The third-order valence-electron chi connectivity index (χ3n) is 1.68. The predicted octanol–water partition coefficient (Wildman–Crippen LogP) is 0.830. The van der Waals surface area contributed by atoms with Crippen LogP contribution in [-0.2, 0) is 7.05 Å². The van der Waals surface area contributed by atoms with E-state index in [1.54, 1.807) is 6.20 Å². The normalized spacial score (nSPS) is 13.5. The summed E-state index contributed by atoms with van der Waals surface area (Å²) in [6.45, 7) is 2.07. The Labute approximate surface area is 60.8 Å². The van der Waals surface area contributed by atoms with E-state index in [4.69, 9.17) is 5.73 Å². The lowest BCUT2D eigenvalue weighted by molar-refractivity contribution is 0.605. The van der Waals surface area contributed by atoms with Gasteiger partial charge < -0.3 is 5.73 Å². The Morgan fingerprint density at radius 3 is 2.90 bits per heavy atom. The maximum atomic E-state index is 5.78. The molecule has 0 unspecified atom stereocenters. The number of hydrogen-bond acceptors (Lipinski definition) is 2. The van der Waals surface area contributed by atoms with Crippen molar-refractivity contribution in [2.75, 3.05) is 0 Å². The quantitative estimate of drug-likeness (QED) is 0.659. The van der Waals surface area contributed by atoms with Gasteiger partial charge in [0.25, 0.3) is 0 Å². The first-order chi connectivity index (χ1) is 4.75. The molecule has 0 spiro atoms. The lowest BCUT2D eigenvalue weighted by Gasteiger charge is -2.07. The van der Waals surface area contributed by atoms with Gasteiger partial charge in [-0.05, 0) is 12.5 Å². The average molecular weight is 139 g/mol. The highest BCUT2D eigenvalue weighted by molar-refractivity contribution is 5.04. The smallest absolute Gasteiger partial charge is 0.0547 e. The van der Waals surface area contributed by atoms with Crippen LogP contribution in [-0.4, -0.2) is 9.78 Å². The molecule has 0 saturated heterocycles. The van der Waals surface area contributed by atoms with Gasteiger partial charge in [-0.25, -0.2) is 0 Å². The first kappa shape index (κ1) is 7.28. The van der Waals surface area contributed by atoms with Gasteiger partial charge in [-0.3, -0.25) is 4.68 Å². The minimum absolute atomic E-state index is 0.132. The Morgan fingerprint density at radius 1 is 1.80 bits per heavy atom. The Bertz CT molecular complexity index is 204. The summed E-state index contributed by atoms with van der Waals surface area (Å²) in [5.41, 5.74) is 6.88. The van der Waals surface area contributed by atoms with Gasteiger partial charge >= 0.3 is 0 Å². The summed E-state index contributed by atoms with van der Waals surface area (Å²) in [5.74, 6) is 0. The summed E-state index contributed by atoms with van der Waals surface area (Å²) in [7, 11) is 1.91. The summed E-state index contributed by atoms with van der Waals surface area (Å²) in [6.07, 6.45) is 2.73. The fourth-order valence-electron chi connectivity index (χ4n) is 0.957. The Morgan fingerprint density at radius 2 is 2.50 bits per heavy atom. The number of nitrogens with two attached hydrogens (primary N) is 1. The zero-order valence-corrected chi connectivity index (χ0v) is 6.41. The molecule has 10 heavy (non-hydrogen) atoms. The largest absolute Gasteiger partial charge is 0.323 e. The third kappa shape index (κ3) is 1.19. The number of aromatic nitrogens is 2. The molecule has 0 aromatic carbocycles. The van der Waals surface area contributed by atoms with Crippen LogP contribution in [0.4, 0.5) is 0 Å². The Balaban J connectivity index is 2.82. The lowest BCUT2D eigenvalue weighted by atomic mass is 10.2. The van der Waals surface area contributed by atoms with Crippen LogP contribution in [0.2, 0.25) is 0 Å². The summed E-state index contributed by atoms with van der Waals surface area (Å²) in [5, 5.41) is 4.02. The first-order valence-electron chi connectivity index (χ1n) is 3.49. The van der Waals surface area contributed by atoms with E-state index in [0.29, 0.717) is 0 Å². The van der Waals surface area contributed by atoms with Crippen molar-refractivity contribution in [2.24, 2.45) is 12.8 Å². The number of rotatable bonds is 2. The molecule has 0 aliphatic rings. The highest BCUT2D eigenvalue weighted by Gasteiger charge is 2.05. The van der Waals surface area contributed by atoms with Crippen LogP contribution in [0.5, 0.6) is 0 Å². The lowest BCUT2D eigenvalue weighted by Crippen LogP contribution is -2.13. The molecule has 1 aromatic rings. The summed E-state index contributed by atoms with van der Waals surface area (Å²) >= 11 is 0. The molecule has 0 aliphatic carbocycles. The minimum atomic E-state index is 0.132. The van der Waals surface area contributed by atoms with Gasteiger partial charge in [0.1, 0.15) is 0 Å². The van der Waals surface area contributed by atoms with Crippen molar-refractivity contribution in [2.45, 2.75) is 19.4 Å². The van der Waals surface area contributed by atoms with E-state index >= 15 is 0 Å². The molecule has 1 aromatic heterocycles. The van der Waals surface area contributed by atoms with Crippen molar-refractivity contribution < 1.29 is 0 Å². The van der Waals surface area contributed by atoms with Crippen molar-refractivity contribution in [3.63, 3.8) is 0 Å². The fraction of sp³-hybridized carbons (Fsp3) is 0.571. The van der Waals surface area contributed by atoms with Crippen LogP contribution in [0.25, 0.3) is 0 Å². The van der Waals surface area contributed by atoms with Crippen LogP contribution >= 0.6 is 0 Å². The van der Waals surface area contributed by atoms with Crippen LogP contribution < -0.4 is 5.73 Å². The predicted molar refractivity (Wildman–Crippen MR) is 40.4 cm³/mol. The Hall–Kier alpha value is -0.830. The molecule has 0 amide bonds. The van der Waals surface area contributed by atoms with E-state index in [0.717, 1.165) is 12.1 Å². The van der Waals surface area contributed by atoms with Crippen molar-refractivity contribution in [1.82, 2.24) is 9.78 Å². The van der Waals surface area contributed by atoms with Gasteiger partial charge in [0.05, 0.1) is 5.69 Å². The first-order valence-corrected chi connectivity index (χ1v) is 3.49. The van der Waals surface area contributed by atoms with E-state index in [-0.39, 0.29) is 6.04 Å². The molecule has 0 fully saturated rings. The van der Waals surface area contributed by atoms with Gasteiger partial charge in [-0.1, -0.05) is 6.92 Å². The number of nitrogens with zero attached hydrogens (tertiary/aromatic N) is 2. The number of aryl methyl sites for hydroxylation is 1. The van der Waals surface area contributed by atoms with Crippen molar-refractivity contribution in [3.05, 3.63) is 18.0 Å². The standard InChI is InChI=1S/C7H13N3/c1-3-6(8)7-4-5-9-10(7)2/h4-6H,3,8H2,1-2H3/t6-/m1/s1. The van der Waals surface area contributed by atoms with E-state index in [9.17, 15) is 0 Å². The molecule has 0 bridgehead atoms. The van der Waals surface area contributed by atoms with Crippen molar-refractivity contribution in [3.8, 4) is 0 Å². The highest BCUT2D eigenvalue weighted by atomic mass is 15.3. The van der Waals surface area contributed by atoms with Crippen LogP contribution in [0.15, 0.2) is 12.3 Å². The van der Waals surface area contributed by atoms with E-state index < -0.39 is 0 Å². The topological polar surface area (TPSA) is 43.8 Å². The molecule has 0 radical (unpaired) electrons. The zero-order valence-electron chi connectivity index (χ0n) is 6.41. The van der Waals surface area contributed by atoms with Gasteiger partial charge in [0.15, 0.2) is 0 Å². The van der Waals surface area contributed by atoms with Gasteiger partial charge in [-0.15, -0.1) is 0 Å². The monoisotopic (exact) mass is 139 g/mol. The second-order valence-corrected chi connectivity index (χ2v) is 2.39. The van der Waals surface area contributed by atoms with Gasteiger partial charge in [0.2, 0.25) is 0 Å². The maximum absolute atomic E-state index is 5.78. The van der Waals surface area contributed by atoms with Gasteiger partial charge in [0, 0.05) is 19.3 Å². The molecule has 56 valence electrons. The molecular formula is C7H13N3. The van der Waals surface area contributed by atoms with Crippen LogP contribution in [0.3, 0.4) is 0 Å². The number of hydrogen-bond donors (Lipinski definition) is 1. The molecule has 3 heteroatoms. The van der Waals surface area contributed by atoms with E-state index in [2.05, 4.69) is 12.0 Å². The molecule has 1 rings (SSSR count). The van der Waals surface area contributed by atoms with E-state index in [1.165, 1.54) is 0 Å². The Kier molecular flexibility index (Phi) is 2.06. The molecule has 1 heterocycles. The molecule has 0 aliphatic heterocycles. The van der Waals surface area contributed by atoms with E-state index in [1.807, 2.05) is 17.8 Å². The fourth-order valence-corrected chi connectivity index (χ4v) is 0.957. The molecule has 0 saturated carbocycles.